The zero-order valence-corrected chi connectivity index (χ0v) is 26.9. The third-order valence-electron chi connectivity index (χ3n) is 6.37. The Labute approximate surface area is 289 Å². The second kappa shape index (κ2) is 16.1. The summed E-state index contributed by atoms with van der Waals surface area (Å²) in [5.41, 5.74) is -3.96. The van der Waals surface area contributed by atoms with Crippen molar-refractivity contribution < 1.29 is 58.8 Å². The number of anilines is 2. The number of nitrogens with zero attached hydrogens (tertiary/aromatic N) is 4. The summed E-state index contributed by atoms with van der Waals surface area (Å²) in [6.45, 7) is 1.97. The van der Waals surface area contributed by atoms with Gasteiger partial charge in [0, 0.05) is 0 Å². The van der Waals surface area contributed by atoms with E-state index in [1.54, 1.807) is 0 Å². The number of benzene rings is 3. The van der Waals surface area contributed by atoms with Crippen molar-refractivity contribution in [3.05, 3.63) is 80.8 Å². The number of hydrogen-bond acceptors (Lipinski definition) is 12. The number of nitrogens with one attached hydrogen (secondary N) is 2. The van der Waals surface area contributed by atoms with Crippen LogP contribution in [0.5, 0.6) is 0 Å². The largest absolute Gasteiger partial charge is 0.478 e. The summed E-state index contributed by atoms with van der Waals surface area (Å²) in [6, 6.07) is 5.03. The molecule has 50 heavy (non-hydrogen) atoms. The summed E-state index contributed by atoms with van der Waals surface area (Å²) in [7, 11) is 0. The van der Waals surface area contributed by atoms with Gasteiger partial charge >= 0.3 is 23.9 Å². The van der Waals surface area contributed by atoms with Crippen LogP contribution < -0.4 is 10.6 Å². The van der Waals surface area contributed by atoms with E-state index in [0.29, 0.717) is 0 Å². The Bertz CT molecular complexity index is 1890. The number of carbonyl (C=O) groups is 8. The van der Waals surface area contributed by atoms with Gasteiger partial charge in [0.2, 0.25) is 12.1 Å². The van der Waals surface area contributed by atoms with Crippen molar-refractivity contribution >= 4 is 93.2 Å². The number of Topliss-reactive ketones (excluding diaryl/α,β-unsaturated/α-hetero) is 2. The maximum Gasteiger partial charge on any atom is 0.338 e. The average Bonchev–Trinajstić information content (AvgIpc) is 3.02. The Hall–Kier alpha value is -6.40. The molecule has 3 aromatic rings. The van der Waals surface area contributed by atoms with Crippen LogP contribution in [0.3, 0.4) is 0 Å². The van der Waals surface area contributed by atoms with Gasteiger partial charge in [-0.05, 0) is 50.2 Å². The molecule has 0 saturated carbocycles. The number of amides is 2. The van der Waals surface area contributed by atoms with Gasteiger partial charge in [0.15, 0.2) is 11.6 Å². The molecule has 20 heteroatoms. The minimum absolute atomic E-state index is 0.192. The molecule has 6 N–H and O–H groups in total. The molecule has 0 spiro atoms. The van der Waals surface area contributed by atoms with Crippen molar-refractivity contribution in [3.63, 3.8) is 0 Å². The van der Waals surface area contributed by atoms with Gasteiger partial charge in [-0.2, -0.15) is 20.5 Å². The first kappa shape index (κ1) is 38.1. The maximum atomic E-state index is 13.0. The summed E-state index contributed by atoms with van der Waals surface area (Å²) in [6.07, 6.45) is 0. The molecular formula is C30H22Cl2N6O12. The molecule has 2 atom stereocenters. The zero-order chi connectivity index (χ0) is 37.4. The highest BCUT2D eigenvalue weighted by Gasteiger charge is 2.28. The summed E-state index contributed by atoms with van der Waals surface area (Å²) in [5, 5.41) is 56.0. The topological polar surface area (TPSA) is 291 Å². The normalized spacial score (nSPS) is 12.2. The first-order valence-corrected chi connectivity index (χ1v) is 14.3. The third-order valence-corrected chi connectivity index (χ3v) is 7.00. The lowest BCUT2D eigenvalue weighted by atomic mass is 10.1. The van der Waals surface area contributed by atoms with E-state index in [2.05, 4.69) is 31.1 Å². The van der Waals surface area contributed by atoms with E-state index >= 15 is 0 Å². The van der Waals surface area contributed by atoms with Crippen molar-refractivity contribution in [2.45, 2.75) is 25.9 Å². The molecule has 0 aromatic heterocycles. The van der Waals surface area contributed by atoms with Crippen LogP contribution >= 0.6 is 23.2 Å². The molecule has 0 saturated heterocycles. The van der Waals surface area contributed by atoms with E-state index in [0.717, 1.165) is 50.2 Å². The minimum atomic E-state index is -1.86. The molecule has 3 aromatic carbocycles. The molecule has 3 rings (SSSR count). The number of carboxylic acids is 4. The lowest BCUT2D eigenvalue weighted by molar-refractivity contribution is -0.127. The predicted octanol–water partition coefficient (Wildman–Crippen LogP) is 5.15. The number of ketones is 2. The van der Waals surface area contributed by atoms with Gasteiger partial charge < -0.3 is 31.1 Å². The van der Waals surface area contributed by atoms with Crippen molar-refractivity contribution in [2.24, 2.45) is 20.5 Å². The van der Waals surface area contributed by atoms with Gasteiger partial charge in [-0.15, -0.1) is 0 Å². The highest BCUT2D eigenvalue weighted by Crippen LogP contribution is 2.33. The van der Waals surface area contributed by atoms with Crippen molar-refractivity contribution in [1.82, 2.24) is 0 Å². The molecule has 0 heterocycles. The monoisotopic (exact) mass is 728 g/mol. The van der Waals surface area contributed by atoms with Crippen molar-refractivity contribution in [3.8, 4) is 0 Å². The van der Waals surface area contributed by atoms with Gasteiger partial charge in [-0.3, -0.25) is 19.2 Å². The van der Waals surface area contributed by atoms with E-state index in [1.807, 2.05) is 0 Å². The number of hydrogen-bond donors (Lipinski definition) is 6. The number of carboxylic acid groups (broad SMARTS) is 4. The quantitative estimate of drug-likeness (QED) is 0.0928. The van der Waals surface area contributed by atoms with Crippen LogP contribution in [0.15, 0.2) is 69.0 Å². The van der Waals surface area contributed by atoms with Crippen molar-refractivity contribution in [2.75, 3.05) is 10.6 Å². The highest BCUT2D eigenvalue weighted by atomic mass is 35.5. The lowest BCUT2D eigenvalue weighted by Gasteiger charge is -2.15. The van der Waals surface area contributed by atoms with E-state index in [-0.39, 0.29) is 21.4 Å². The zero-order valence-electron chi connectivity index (χ0n) is 25.4. The molecule has 0 aliphatic rings. The summed E-state index contributed by atoms with van der Waals surface area (Å²) in [5.74, 6) is -10.3. The number of azo groups is 2. The summed E-state index contributed by atoms with van der Waals surface area (Å²) >= 11 is 12.5. The molecule has 0 fully saturated rings. The standard InChI is InChI=1S/C30H22Cl2N6O12/c1-11(39)23(37-35-17-7-3-5-13(27(43)44)21(17)29(47)48)25(41)33-19-9-16(32)20(10-15(19)31)34-26(42)24(12(2)40)38-36-18-8-4-6-14(28(45)46)22(18)30(49)50/h3-10,23-24H,1-2H3,(H,33,41)(H,34,42)(H,43,44)(H,45,46)(H,47,48)(H,49,50). The average molecular weight is 729 g/mol. The van der Waals surface area contributed by atoms with Gasteiger partial charge in [-0.25, -0.2) is 19.2 Å². The van der Waals surface area contributed by atoms with E-state index in [1.165, 1.54) is 12.1 Å². The van der Waals surface area contributed by atoms with Gasteiger partial charge in [0.05, 0.1) is 32.5 Å². The summed E-state index contributed by atoms with van der Waals surface area (Å²) < 4.78 is 0. The van der Waals surface area contributed by atoms with Gasteiger partial charge in [-0.1, -0.05) is 35.3 Å². The molecule has 0 radical (unpaired) electrons. The van der Waals surface area contributed by atoms with Gasteiger partial charge in [0.1, 0.15) is 22.5 Å². The molecule has 2 unspecified atom stereocenters. The van der Waals surface area contributed by atoms with Crippen molar-refractivity contribution in [1.29, 1.82) is 0 Å². The minimum Gasteiger partial charge on any atom is -0.478 e. The lowest BCUT2D eigenvalue weighted by Crippen LogP contribution is -2.32. The molecule has 18 nitrogen and oxygen atoms in total. The van der Waals surface area contributed by atoms with Crippen LogP contribution in [-0.2, 0) is 19.2 Å². The first-order chi connectivity index (χ1) is 23.4. The molecule has 0 bridgehead atoms. The predicted molar refractivity (Wildman–Crippen MR) is 172 cm³/mol. The second-order valence-corrected chi connectivity index (χ2v) is 10.7. The van der Waals surface area contributed by atoms with E-state index in [9.17, 15) is 58.8 Å². The number of aromatic carboxylic acids is 4. The number of rotatable bonds is 14. The molecule has 258 valence electrons. The second-order valence-electron chi connectivity index (χ2n) is 9.87. The Morgan fingerprint density at radius 2 is 0.920 bits per heavy atom. The van der Waals surface area contributed by atoms with Crippen LogP contribution in [0, 0.1) is 0 Å². The fraction of sp³-hybridized carbons (Fsp3) is 0.133. The SMILES string of the molecule is CC(=O)C(N=Nc1cccc(C(=O)O)c1C(=O)O)C(=O)Nc1cc(Cl)c(NC(=O)C(N=Nc2cccc(C(=O)O)c2C(=O)O)C(C)=O)cc1Cl. The molecule has 2 amide bonds. The fourth-order valence-corrected chi connectivity index (χ4v) is 4.49. The maximum absolute atomic E-state index is 13.0. The fourth-order valence-electron chi connectivity index (χ4n) is 4.07. The number of carbonyl (C=O) groups excluding carboxylic acids is 4. The Kier molecular flexibility index (Phi) is 12.3. The van der Waals surface area contributed by atoms with E-state index in [4.69, 9.17) is 23.2 Å². The summed E-state index contributed by atoms with van der Waals surface area (Å²) in [4.78, 5) is 96.6. The third kappa shape index (κ3) is 8.94. The molecule has 0 aliphatic carbocycles. The van der Waals surface area contributed by atoms with Gasteiger partial charge in [0.25, 0.3) is 11.8 Å². The smallest absolute Gasteiger partial charge is 0.338 e. The van der Waals surface area contributed by atoms with Crippen LogP contribution in [0.2, 0.25) is 10.0 Å². The molecular weight excluding hydrogens is 707 g/mol. The highest BCUT2D eigenvalue weighted by molar-refractivity contribution is 6.38. The molecule has 0 aliphatic heterocycles. The van der Waals surface area contributed by atoms with E-state index < -0.39 is 93.0 Å². The first-order valence-electron chi connectivity index (χ1n) is 13.6. The Balaban J connectivity index is 1.85. The number of halogens is 2. The van der Waals surface area contributed by atoms with Crippen LogP contribution in [-0.4, -0.2) is 79.8 Å². The van der Waals surface area contributed by atoms with Crippen LogP contribution in [0.1, 0.15) is 55.3 Å². The Morgan fingerprint density at radius 1 is 0.580 bits per heavy atom. The van der Waals surface area contributed by atoms with Crippen LogP contribution in [0.25, 0.3) is 0 Å². The Morgan fingerprint density at radius 3 is 1.20 bits per heavy atom. The van der Waals surface area contributed by atoms with Crippen LogP contribution in [0.4, 0.5) is 22.7 Å².